The predicted octanol–water partition coefficient (Wildman–Crippen LogP) is 4.07. The number of nitrogens with zero attached hydrogens (tertiary/aromatic N) is 3. The molecule has 1 amide bonds. The van der Waals surface area contributed by atoms with Crippen LogP contribution in [0.2, 0.25) is 5.02 Å². The first-order valence-electron chi connectivity index (χ1n) is 9.87. The molecule has 3 aromatic rings. The Hall–Kier alpha value is -3.71. The summed E-state index contributed by atoms with van der Waals surface area (Å²) >= 11 is 5.86. The van der Waals surface area contributed by atoms with Gasteiger partial charge in [0, 0.05) is 49.1 Å². The Kier molecular flexibility index (Phi) is 7.57. The number of anilines is 2. The number of rotatable bonds is 8. The molecule has 0 aliphatic carbocycles. The average Bonchev–Trinajstić information content (AvgIpc) is 2.75. The van der Waals surface area contributed by atoms with Crippen LogP contribution in [0.4, 0.5) is 11.5 Å². The second kappa shape index (κ2) is 10.5. The maximum absolute atomic E-state index is 12.1. The Morgan fingerprint density at radius 3 is 2.41 bits per heavy atom. The first-order chi connectivity index (χ1) is 15.3. The van der Waals surface area contributed by atoms with Crippen LogP contribution < -0.4 is 10.2 Å². The molecule has 0 spiro atoms. The van der Waals surface area contributed by atoms with Gasteiger partial charge in [-0.15, -0.1) is 0 Å². The summed E-state index contributed by atoms with van der Waals surface area (Å²) in [5.41, 5.74) is 3.09. The second-order valence-electron chi connectivity index (χ2n) is 7.35. The second-order valence-corrected chi connectivity index (χ2v) is 7.78. The first kappa shape index (κ1) is 23.0. The third kappa shape index (κ3) is 6.65. The van der Waals surface area contributed by atoms with Gasteiger partial charge in [0.2, 0.25) is 5.91 Å². The van der Waals surface area contributed by atoms with Crippen LogP contribution in [0.1, 0.15) is 22.5 Å². The van der Waals surface area contributed by atoms with Gasteiger partial charge in [-0.3, -0.25) is 9.59 Å². The maximum Gasteiger partial charge on any atom is 0.308 e. The summed E-state index contributed by atoms with van der Waals surface area (Å²) in [7, 11) is 3.63. The molecule has 1 aromatic heterocycles. The van der Waals surface area contributed by atoms with Crippen LogP contribution in [0, 0.1) is 0 Å². The average molecular weight is 451 g/mol. The van der Waals surface area contributed by atoms with Crippen molar-refractivity contribution < 1.29 is 14.7 Å². The lowest BCUT2D eigenvalue weighted by atomic mass is 10.1. The molecule has 0 radical (unpaired) electrons. The number of carboxylic acid groups (broad SMARTS) is 1. The Balaban J connectivity index is 1.63. The summed E-state index contributed by atoms with van der Waals surface area (Å²) in [6.45, 7) is 0. The van der Waals surface area contributed by atoms with Crippen LogP contribution in [0.15, 0.2) is 60.8 Å². The Morgan fingerprint density at radius 2 is 1.78 bits per heavy atom. The number of carbonyl (C=O) groups is 2. The van der Waals surface area contributed by atoms with Crippen molar-refractivity contribution in [2.75, 3.05) is 24.3 Å². The van der Waals surface area contributed by atoms with Crippen molar-refractivity contribution in [1.29, 1.82) is 0 Å². The zero-order valence-electron chi connectivity index (χ0n) is 17.7. The van der Waals surface area contributed by atoms with Gasteiger partial charge in [-0.25, -0.2) is 9.97 Å². The quantitative estimate of drug-likeness (QED) is 0.502. The van der Waals surface area contributed by atoms with Gasteiger partial charge in [-0.2, -0.15) is 0 Å². The molecule has 0 saturated heterocycles. The monoisotopic (exact) mass is 450 g/mol. The van der Waals surface area contributed by atoms with E-state index in [1.807, 2.05) is 50.5 Å². The summed E-state index contributed by atoms with van der Waals surface area (Å²) in [6, 6.07) is 14.6. The first-order valence-corrected chi connectivity index (χ1v) is 10.3. The van der Waals surface area contributed by atoms with E-state index in [2.05, 4.69) is 15.3 Å². The minimum atomic E-state index is -0.926. The third-order valence-corrected chi connectivity index (χ3v) is 4.79. The minimum Gasteiger partial charge on any atom is -0.481 e. The lowest BCUT2D eigenvalue weighted by Crippen LogP contribution is -2.17. The van der Waals surface area contributed by atoms with Gasteiger partial charge in [0.25, 0.3) is 0 Å². The minimum absolute atomic E-state index is 0.130. The fourth-order valence-corrected chi connectivity index (χ4v) is 3.14. The SMILES string of the molecule is CN(C)c1nc(Cc2ccc(NC(=O)/C=C/c3ccc(Cl)cc3)cc2)ncc1CC(=O)O. The number of carboxylic acids is 1. The highest BCUT2D eigenvalue weighted by atomic mass is 35.5. The van der Waals surface area contributed by atoms with Crippen LogP contribution >= 0.6 is 11.6 Å². The van der Waals surface area contributed by atoms with E-state index in [9.17, 15) is 9.59 Å². The molecule has 0 aliphatic heterocycles. The highest BCUT2D eigenvalue weighted by molar-refractivity contribution is 6.30. The van der Waals surface area contributed by atoms with E-state index in [0.717, 1.165) is 11.1 Å². The fourth-order valence-electron chi connectivity index (χ4n) is 3.01. The van der Waals surface area contributed by atoms with Crippen molar-refractivity contribution in [1.82, 2.24) is 9.97 Å². The van der Waals surface area contributed by atoms with Crippen molar-refractivity contribution in [3.63, 3.8) is 0 Å². The standard InChI is InChI=1S/C24H23ClN4O3/c1-29(2)24-18(14-23(31)32)15-26-21(28-24)13-17-5-10-20(11-6-17)27-22(30)12-7-16-3-8-19(25)9-4-16/h3-12,15H,13-14H2,1-2H3,(H,27,30)(H,31,32)/b12-7+. The number of benzene rings is 2. The summed E-state index contributed by atoms with van der Waals surface area (Å²) in [5.74, 6) is 0.0186. The van der Waals surface area contributed by atoms with E-state index in [4.69, 9.17) is 16.7 Å². The molecular weight excluding hydrogens is 428 g/mol. The van der Waals surface area contributed by atoms with Gasteiger partial charge in [-0.05, 0) is 41.5 Å². The van der Waals surface area contributed by atoms with Crippen LogP contribution in [0.25, 0.3) is 6.08 Å². The highest BCUT2D eigenvalue weighted by Crippen LogP contribution is 2.18. The van der Waals surface area contributed by atoms with E-state index in [1.54, 1.807) is 29.3 Å². The van der Waals surface area contributed by atoms with Crippen LogP contribution in [0.5, 0.6) is 0 Å². The molecule has 3 rings (SSSR count). The number of hydrogen-bond acceptors (Lipinski definition) is 5. The molecule has 0 saturated carbocycles. The Morgan fingerprint density at radius 1 is 1.09 bits per heavy atom. The van der Waals surface area contributed by atoms with Gasteiger partial charge in [0.1, 0.15) is 11.6 Å². The Labute approximate surface area is 191 Å². The molecular formula is C24H23ClN4O3. The zero-order chi connectivity index (χ0) is 23.1. The van der Waals surface area contributed by atoms with Gasteiger partial charge in [0.15, 0.2) is 0 Å². The number of halogens is 1. The Bertz CT molecular complexity index is 1130. The third-order valence-electron chi connectivity index (χ3n) is 4.54. The molecule has 2 N–H and O–H groups in total. The summed E-state index contributed by atoms with van der Waals surface area (Å²) < 4.78 is 0. The van der Waals surface area contributed by atoms with Crippen LogP contribution in [-0.2, 0) is 22.4 Å². The fraction of sp³-hybridized carbons (Fsp3) is 0.167. The molecule has 7 nitrogen and oxygen atoms in total. The van der Waals surface area contributed by atoms with Crippen LogP contribution in [-0.4, -0.2) is 41.0 Å². The van der Waals surface area contributed by atoms with Gasteiger partial charge < -0.3 is 15.3 Å². The van der Waals surface area contributed by atoms with E-state index in [0.29, 0.717) is 34.3 Å². The molecule has 0 aliphatic rings. The molecule has 1 heterocycles. The number of nitrogens with one attached hydrogen (secondary N) is 1. The highest BCUT2D eigenvalue weighted by Gasteiger charge is 2.12. The normalized spacial score (nSPS) is 10.8. The van der Waals surface area contributed by atoms with E-state index >= 15 is 0 Å². The maximum atomic E-state index is 12.1. The van der Waals surface area contributed by atoms with E-state index in [1.165, 1.54) is 6.08 Å². The molecule has 0 fully saturated rings. The predicted molar refractivity (Wildman–Crippen MR) is 126 cm³/mol. The van der Waals surface area contributed by atoms with Crippen molar-refractivity contribution in [2.45, 2.75) is 12.8 Å². The van der Waals surface area contributed by atoms with Gasteiger partial charge in [0.05, 0.1) is 6.42 Å². The summed E-state index contributed by atoms with van der Waals surface area (Å²) in [5, 5.41) is 12.5. The van der Waals surface area contributed by atoms with E-state index in [-0.39, 0.29) is 12.3 Å². The molecule has 2 aromatic carbocycles. The number of carbonyl (C=O) groups excluding carboxylic acids is 1. The molecule has 0 atom stereocenters. The van der Waals surface area contributed by atoms with Crippen molar-refractivity contribution in [2.24, 2.45) is 0 Å². The number of amides is 1. The zero-order valence-corrected chi connectivity index (χ0v) is 18.5. The van der Waals surface area contributed by atoms with Crippen LogP contribution in [0.3, 0.4) is 0 Å². The topological polar surface area (TPSA) is 95.4 Å². The smallest absolute Gasteiger partial charge is 0.308 e. The lowest BCUT2D eigenvalue weighted by Gasteiger charge is -2.16. The molecule has 8 heteroatoms. The molecule has 0 unspecified atom stereocenters. The van der Waals surface area contributed by atoms with Gasteiger partial charge in [-0.1, -0.05) is 35.9 Å². The summed E-state index contributed by atoms with van der Waals surface area (Å²) in [4.78, 5) is 33.8. The van der Waals surface area contributed by atoms with E-state index < -0.39 is 5.97 Å². The lowest BCUT2D eigenvalue weighted by molar-refractivity contribution is -0.136. The largest absolute Gasteiger partial charge is 0.481 e. The molecule has 32 heavy (non-hydrogen) atoms. The van der Waals surface area contributed by atoms with Crippen molar-refractivity contribution in [3.8, 4) is 0 Å². The van der Waals surface area contributed by atoms with Gasteiger partial charge >= 0.3 is 5.97 Å². The van der Waals surface area contributed by atoms with Crippen molar-refractivity contribution >= 4 is 41.1 Å². The number of aromatic nitrogens is 2. The molecule has 164 valence electrons. The number of aliphatic carboxylic acids is 1. The number of hydrogen-bond donors (Lipinski definition) is 2. The van der Waals surface area contributed by atoms with Crippen molar-refractivity contribution in [3.05, 3.63) is 88.3 Å². The summed E-state index contributed by atoms with van der Waals surface area (Å²) in [6.07, 6.45) is 5.10. The molecule has 0 bridgehead atoms.